The highest BCUT2D eigenvalue weighted by atomic mass is 16.4. The fraction of sp³-hybridized carbons (Fsp3) is 0.440. The summed E-state index contributed by atoms with van der Waals surface area (Å²) in [6, 6.07) is 1.02. The summed E-state index contributed by atoms with van der Waals surface area (Å²) in [4.78, 5) is 68.8. The summed E-state index contributed by atoms with van der Waals surface area (Å²) in [6.07, 6.45) is 2.66. The molecule has 5 atom stereocenters. The van der Waals surface area contributed by atoms with Crippen LogP contribution in [0.1, 0.15) is 37.9 Å². The number of nitrogens with one attached hydrogen (secondary N) is 4. The van der Waals surface area contributed by atoms with E-state index in [2.05, 4.69) is 25.9 Å². The molecule has 4 amide bonds. The van der Waals surface area contributed by atoms with Crippen molar-refractivity contribution in [3.8, 4) is 5.75 Å². The van der Waals surface area contributed by atoms with E-state index in [1.807, 2.05) is 6.92 Å². The maximum atomic E-state index is 13.4. The van der Waals surface area contributed by atoms with Gasteiger partial charge in [-0.05, 0) is 23.6 Å². The number of amides is 4. The quantitative estimate of drug-likeness (QED) is 0.132. The molecule has 2 rings (SSSR count). The standard InChI is InChI=1S/C25H35N7O7/c1-3-13(2)21(27)24(37)31-17(8-14-4-6-16(33)7-5-14)22(35)30-18(9-15-11-28-12-29-15)23(36)32-19(25(38)39)10-20(26)34/h4-7,11-13,17-19,21,33H,3,8-10,27H2,1-2H3,(H2,26,34)(H,28,29)(H,30,35)(H,31,37)(H,32,36)(H,38,39). The van der Waals surface area contributed by atoms with Crippen molar-refractivity contribution >= 4 is 29.6 Å². The van der Waals surface area contributed by atoms with Gasteiger partial charge in [0.15, 0.2) is 0 Å². The van der Waals surface area contributed by atoms with E-state index in [9.17, 15) is 34.2 Å². The van der Waals surface area contributed by atoms with Crippen molar-refractivity contribution in [1.29, 1.82) is 0 Å². The molecule has 0 bridgehead atoms. The SMILES string of the molecule is CCC(C)C(N)C(=O)NC(Cc1ccc(O)cc1)C(=O)NC(Cc1cnc[nH]1)C(=O)NC(CC(N)=O)C(=O)O. The Balaban J connectivity index is 2.31. The van der Waals surface area contributed by atoms with E-state index in [1.165, 1.54) is 24.7 Å². The molecule has 10 N–H and O–H groups in total. The molecule has 0 aliphatic heterocycles. The summed E-state index contributed by atoms with van der Waals surface area (Å²) in [5, 5.41) is 26.4. The van der Waals surface area contributed by atoms with Crippen LogP contribution in [0, 0.1) is 5.92 Å². The Labute approximate surface area is 224 Å². The lowest BCUT2D eigenvalue weighted by Crippen LogP contribution is -2.58. The number of benzene rings is 1. The number of aromatic hydroxyl groups is 1. The van der Waals surface area contributed by atoms with Gasteiger partial charge in [-0.3, -0.25) is 19.2 Å². The predicted molar refractivity (Wildman–Crippen MR) is 139 cm³/mol. The number of carbonyl (C=O) groups excluding carboxylic acids is 4. The van der Waals surface area contributed by atoms with Gasteiger partial charge in [0.05, 0.1) is 18.8 Å². The number of imidazole rings is 1. The first kappa shape index (κ1) is 30.8. The average molecular weight is 546 g/mol. The molecule has 0 saturated heterocycles. The molecule has 0 radical (unpaired) electrons. The second kappa shape index (κ2) is 14.5. The van der Waals surface area contributed by atoms with Gasteiger partial charge in [-0.15, -0.1) is 0 Å². The molecule has 1 aromatic heterocycles. The number of primary amides is 1. The number of hydrogen-bond donors (Lipinski definition) is 8. The van der Waals surface area contributed by atoms with Gasteiger partial charge in [-0.2, -0.15) is 0 Å². The monoisotopic (exact) mass is 545 g/mol. The number of carboxylic acids is 1. The largest absolute Gasteiger partial charge is 0.508 e. The third kappa shape index (κ3) is 9.74. The molecule has 1 heterocycles. The van der Waals surface area contributed by atoms with Crippen LogP contribution in [0.3, 0.4) is 0 Å². The number of nitrogens with two attached hydrogens (primary N) is 2. The highest BCUT2D eigenvalue weighted by molar-refractivity contribution is 5.95. The Morgan fingerprint density at radius 1 is 0.949 bits per heavy atom. The van der Waals surface area contributed by atoms with E-state index < -0.39 is 60.2 Å². The Hall–Kier alpha value is -4.46. The fourth-order valence-electron chi connectivity index (χ4n) is 3.63. The lowest BCUT2D eigenvalue weighted by molar-refractivity contribution is -0.143. The number of H-pyrrole nitrogens is 1. The van der Waals surface area contributed by atoms with Crippen molar-refractivity contribution < 1.29 is 34.2 Å². The molecule has 0 saturated carbocycles. The molecular formula is C25H35N7O7. The highest BCUT2D eigenvalue weighted by Gasteiger charge is 2.32. The lowest BCUT2D eigenvalue weighted by Gasteiger charge is -2.26. The minimum Gasteiger partial charge on any atom is -0.508 e. The normalized spacial score (nSPS) is 14.7. The number of phenolic OH excluding ortho intramolecular Hbond substituents is 1. The van der Waals surface area contributed by atoms with Crippen LogP contribution >= 0.6 is 0 Å². The van der Waals surface area contributed by atoms with Crippen molar-refractivity contribution in [2.45, 2.75) is 63.7 Å². The van der Waals surface area contributed by atoms with Crippen LogP contribution in [0.5, 0.6) is 5.75 Å². The fourth-order valence-corrected chi connectivity index (χ4v) is 3.63. The van der Waals surface area contributed by atoms with E-state index in [1.54, 1.807) is 19.1 Å². The molecule has 0 aliphatic rings. The number of aromatic nitrogens is 2. The van der Waals surface area contributed by atoms with Gasteiger partial charge >= 0.3 is 5.97 Å². The van der Waals surface area contributed by atoms with Gasteiger partial charge in [0.25, 0.3) is 0 Å². The Morgan fingerprint density at radius 2 is 1.51 bits per heavy atom. The molecular weight excluding hydrogens is 510 g/mol. The smallest absolute Gasteiger partial charge is 0.326 e. The van der Waals surface area contributed by atoms with Gasteiger partial charge < -0.3 is 42.6 Å². The second-order valence-corrected chi connectivity index (χ2v) is 9.26. The summed E-state index contributed by atoms with van der Waals surface area (Å²) in [5.41, 5.74) is 12.2. The number of carboxylic acid groups (broad SMARTS) is 1. The number of aliphatic carboxylic acids is 1. The zero-order valence-electron chi connectivity index (χ0n) is 21.7. The van der Waals surface area contributed by atoms with Gasteiger partial charge in [0.2, 0.25) is 23.6 Å². The van der Waals surface area contributed by atoms with Crippen molar-refractivity contribution in [2.24, 2.45) is 17.4 Å². The third-order valence-corrected chi connectivity index (χ3v) is 6.20. The van der Waals surface area contributed by atoms with Crippen molar-refractivity contribution in [3.63, 3.8) is 0 Å². The average Bonchev–Trinajstić information content (AvgIpc) is 3.40. The van der Waals surface area contributed by atoms with E-state index in [-0.39, 0.29) is 24.5 Å². The molecule has 14 nitrogen and oxygen atoms in total. The number of rotatable bonds is 15. The summed E-state index contributed by atoms with van der Waals surface area (Å²) < 4.78 is 0. The van der Waals surface area contributed by atoms with E-state index in [0.717, 1.165) is 0 Å². The molecule has 5 unspecified atom stereocenters. The van der Waals surface area contributed by atoms with Crippen LogP contribution in [-0.2, 0) is 36.8 Å². The van der Waals surface area contributed by atoms with Gasteiger partial charge in [-0.1, -0.05) is 32.4 Å². The summed E-state index contributed by atoms with van der Waals surface area (Å²) in [7, 11) is 0. The topological polar surface area (TPSA) is 243 Å². The van der Waals surface area contributed by atoms with Gasteiger partial charge in [0, 0.05) is 24.7 Å². The summed E-state index contributed by atoms with van der Waals surface area (Å²) in [6.45, 7) is 3.68. The van der Waals surface area contributed by atoms with Crippen LogP contribution in [-0.4, -0.2) is 73.9 Å². The number of hydrogen-bond acceptors (Lipinski definition) is 8. The Kier molecular flexibility index (Phi) is 11.4. The first-order valence-corrected chi connectivity index (χ1v) is 12.3. The Bertz CT molecular complexity index is 1140. The van der Waals surface area contributed by atoms with Crippen molar-refractivity contribution in [1.82, 2.24) is 25.9 Å². The first-order valence-electron chi connectivity index (χ1n) is 12.3. The molecule has 0 aliphatic carbocycles. The number of nitrogens with zero attached hydrogens (tertiary/aromatic N) is 1. The zero-order valence-corrected chi connectivity index (χ0v) is 21.7. The van der Waals surface area contributed by atoms with Crippen LogP contribution in [0.25, 0.3) is 0 Å². The molecule has 212 valence electrons. The molecule has 39 heavy (non-hydrogen) atoms. The lowest BCUT2D eigenvalue weighted by atomic mass is 9.98. The highest BCUT2D eigenvalue weighted by Crippen LogP contribution is 2.13. The van der Waals surface area contributed by atoms with Gasteiger partial charge in [0.1, 0.15) is 23.9 Å². The summed E-state index contributed by atoms with van der Waals surface area (Å²) >= 11 is 0. The second-order valence-electron chi connectivity index (χ2n) is 9.26. The number of aromatic amines is 1. The van der Waals surface area contributed by atoms with Crippen LogP contribution in [0.4, 0.5) is 0 Å². The number of phenols is 1. The molecule has 14 heteroatoms. The summed E-state index contributed by atoms with van der Waals surface area (Å²) in [5.74, 6) is -4.77. The van der Waals surface area contributed by atoms with Gasteiger partial charge in [-0.25, -0.2) is 9.78 Å². The van der Waals surface area contributed by atoms with Crippen LogP contribution < -0.4 is 27.4 Å². The zero-order chi connectivity index (χ0) is 29.1. The van der Waals surface area contributed by atoms with Crippen LogP contribution in [0.15, 0.2) is 36.8 Å². The maximum Gasteiger partial charge on any atom is 0.326 e. The molecule has 2 aromatic rings. The van der Waals surface area contributed by atoms with Crippen molar-refractivity contribution in [3.05, 3.63) is 48.0 Å². The third-order valence-electron chi connectivity index (χ3n) is 6.20. The number of carbonyl (C=O) groups is 5. The van der Waals surface area contributed by atoms with E-state index in [0.29, 0.717) is 17.7 Å². The van der Waals surface area contributed by atoms with E-state index >= 15 is 0 Å². The maximum absolute atomic E-state index is 13.4. The minimum atomic E-state index is -1.61. The minimum absolute atomic E-state index is 0.00288. The Morgan fingerprint density at radius 3 is 2.03 bits per heavy atom. The van der Waals surface area contributed by atoms with Crippen molar-refractivity contribution in [2.75, 3.05) is 0 Å². The first-order chi connectivity index (χ1) is 18.4. The molecule has 0 fully saturated rings. The molecule has 0 spiro atoms. The van der Waals surface area contributed by atoms with Crippen LogP contribution in [0.2, 0.25) is 0 Å². The molecule has 1 aromatic carbocycles. The predicted octanol–water partition coefficient (Wildman–Crippen LogP) is -1.31. The van der Waals surface area contributed by atoms with E-state index in [4.69, 9.17) is 11.5 Å².